The van der Waals surface area contributed by atoms with Gasteiger partial charge in [-0.25, -0.2) is 4.98 Å². The summed E-state index contributed by atoms with van der Waals surface area (Å²) in [5.74, 6) is 1.12. The minimum Gasteiger partial charge on any atom is -0.457 e. The Morgan fingerprint density at radius 1 is 1.13 bits per heavy atom. The molecule has 1 aliphatic carbocycles. The van der Waals surface area contributed by atoms with Gasteiger partial charge in [-0.2, -0.15) is 18.2 Å². The molecule has 10 heteroatoms. The first-order chi connectivity index (χ1) is 14.9. The summed E-state index contributed by atoms with van der Waals surface area (Å²) in [6.45, 7) is 0. The average molecular weight is 443 g/mol. The van der Waals surface area contributed by atoms with E-state index in [0.717, 1.165) is 22.8 Å². The number of hydrogen-bond donors (Lipinski definition) is 2. The fraction of sp³-hybridized carbons (Fsp3) is 0.0952. The third kappa shape index (κ3) is 5.28. The van der Waals surface area contributed by atoms with E-state index < -0.39 is 11.9 Å². The minimum absolute atomic E-state index is 0.0483. The highest BCUT2D eigenvalue weighted by Crippen LogP contribution is 2.30. The molecule has 0 spiro atoms. The van der Waals surface area contributed by atoms with Gasteiger partial charge in [-0.05, 0) is 35.7 Å². The van der Waals surface area contributed by atoms with E-state index in [2.05, 4.69) is 20.3 Å². The summed E-state index contributed by atoms with van der Waals surface area (Å²) in [6, 6.07) is 7.90. The molecule has 0 bridgehead atoms. The maximum absolute atomic E-state index is 12.8. The van der Waals surface area contributed by atoms with Gasteiger partial charge in [0.15, 0.2) is 0 Å². The van der Waals surface area contributed by atoms with E-state index in [1.165, 1.54) is 6.07 Å². The van der Waals surface area contributed by atoms with Gasteiger partial charge < -0.3 is 15.8 Å². The first-order valence-electron chi connectivity index (χ1n) is 9.11. The monoisotopic (exact) mass is 443 g/mol. The Bertz CT molecular complexity index is 1170. The second kappa shape index (κ2) is 8.60. The molecule has 3 aromatic rings. The molecule has 0 saturated carbocycles. The number of halogens is 3. The second-order valence-electron chi connectivity index (χ2n) is 6.44. The molecule has 158 valence electrons. The van der Waals surface area contributed by atoms with Crippen LogP contribution < -0.4 is 15.8 Å². The van der Waals surface area contributed by atoms with Crippen molar-refractivity contribution in [1.29, 1.82) is 0 Å². The van der Waals surface area contributed by atoms with Crippen molar-refractivity contribution in [2.45, 2.75) is 12.6 Å². The molecular formula is C21H16F3N5OS. The largest absolute Gasteiger partial charge is 0.457 e. The van der Waals surface area contributed by atoms with Crippen LogP contribution in [0.15, 0.2) is 77.7 Å². The molecule has 0 aliphatic heterocycles. The van der Waals surface area contributed by atoms with Crippen LogP contribution in [0.1, 0.15) is 12.1 Å². The fourth-order valence-corrected chi connectivity index (χ4v) is 3.47. The van der Waals surface area contributed by atoms with Crippen molar-refractivity contribution in [3.05, 3.63) is 83.4 Å². The molecule has 0 aromatic carbocycles. The van der Waals surface area contributed by atoms with Gasteiger partial charge in [0.2, 0.25) is 5.95 Å². The molecule has 3 aromatic heterocycles. The van der Waals surface area contributed by atoms with Crippen molar-refractivity contribution in [3.8, 4) is 16.3 Å². The van der Waals surface area contributed by atoms with Crippen molar-refractivity contribution in [2.75, 3.05) is 11.1 Å². The SMILES string of the molecule is Nc1nc(NC2=CC=C(Oc3ccnc(C(F)(F)F)c3)C=CC2)cc(-c2cccs2)n1. The first-order valence-corrected chi connectivity index (χ1v) is 9.99. The molecular weight excluding hydrogens is 427 g/mol. The Labute approximate surface area is 179 Å². The van der Waals surface area contributed by atoms with Crippen LogP contribution in [-0.4, -0.2) is 15.0 Å². The minimum atomic E-state index is -4.54. The predicted molar refractivity (Wildman–Crippen MR) is 113 cm³/mol. The van der Waals surface area contributed by atoms with Crippen LogP contribution in [-0.2, 0) is 6.18 Å². The Balaban J connectivity index is 1.51. The van der Waals surface area contributed by atoms with Crippen LogP contribution in [0.4, 0.5) is 24.9 Å². The molecule has 3 N–H and O–H groups in total. The van der Waals surface area contributed by atoms with Crippen LogP contribution in [0.25, 0.3) is 10.6 Å². The highest BCUT2D eigenvalue weighted by molar-refractivity contribution is 7.13. The number of nitrogens with zero attached hydrogens (tertiary/aromatic N) is 3. The van der Waals surface area contributed by atoms with Gasteiger partial charge in [-0.3, -0.25) is 4.98 Å². The summed E-state index contributed by atoms with van der Waals surface area (Å²) >= 11 is 1.55. The molecule has 6 nitrogen and oxygen atoms in total. The number of nitrogens with one attached hydrogen (secondary N) is 1. The van der Waals surface area contributed by atoms with Gasteiger partial charge in [0.1, 0.15) is 23.0 Å². The van der Waals surface area contributed by atoms with Crippen molar-refractivity contribution in [3.63, 3.8) is 0 Å². The number of pyridine rings is 1. The topological polar surface area (TPSA) is 86.0 Å². The van der Waals surface area contributed by atoms with E-state index in [1.54, 1.807) is 35.6 Å². The lowest BCUT2D eigenvalue weighted by molar-refractivity contribution is -0.141. The van der Waals surface area contributed by atoms with E-state index in [1.807, 2.05) is 23.6 Å². The number of ether oxygens (including phenoxy) is 1. The maximum atomic E-state index is 12.8. The number of hydrogen-bond acceptors (Lipinski definition) is 7. The Hall–Kier alpha value is -3.66. The molecule has 0 saturated heterocycles. The van der Waals surface area contributed by atoms with E-state index in [4.69, 9.17) is 10.5 Å². The zero-order valence-corrected chi connectivity index (χ0v) is 16.7. The van der Waals surface area contributed by atoms with Crippen LogP contribution in [0.2, 0.25) is 0 Å². The van der Waals surface area contributed by atoms with E-state index in [-0.39, 0.29) is 11.7 Å². The lowest BCUT2D eigenvalue weighted by Crippen LogP contribution is -2.07. The van der Waals surface area contributed by atoms with Gasteiger partial charge >= 0.3 is 6.18 Å². The lowest BCUT2D eigenvalue weighted by Gasteiger charge is -2.09. The van der Waals surface area contributed by atoms with E-state index >= 15 is 0 Å². The van der Waals surface area contributed by atoms with Gasteiger partial charge in [-0.1, -0.05) is 12.1 Å². The number of nitrogens with two attached hydrogens (primary N) is 1. The molecule has 31 heavy (non-hydrogen) atoms. The predicted octanol–water partition coefficient (Wildman–Crippen LogP) is 5.42. The third-order valence-electron chi connectivity index (χ3n) is 4.13. The molecule has 0 fully saturated rings. The Morgan fingerprint density at radius 3 is 2.77 bits per heavy atom. The van der Waals surface area contributed by atoms with Crippen LogP contribution in [0.5, 0.6) is 5.75 Å². The standard InChI is InChI=1S/C21H16F3N5OS/c22-21(23,24)18-11-15(8-9-26-18)30-14-4-1-3-13(6-7-14)27-19-12-16(28-20(25)29-19)17-5-2-10-31-17/h1-2,4-12H,3H2,(H3,25,27,28,29). The number of alkyl halides is 3. The number of aromatic nitrogens is 3. The third-order valence-corrected chi connectivity index (χ3v) is 5.02. The van der Waals surface area contributed by atoms with Gasteiger partial charge in [0.25, 0.3) is 0 Å². The van der Waals surface area contributed by atoms with Crippen LogP contribution in [0, 0.1) is 0 Å². The zero-order chi connectivity index (χ0) is 21.8. The smallest absolute Gasteiger partial charge is 0.433 e. The Kier molecular flexibility index (Phi) is 5.72. The first kappa shape index (κ1) is 20.6. The summed E-state index contributed by atoms with van der Waals surface area (Å²) in [5.41, 5.74) is 6.35. The quantitative estimate of drug-likeness (QED) is 0.548. The maximum Gasteiger partial charge on any atom is 0.433 e. The van der Waals surface area contributed by atoms with Gasteiger partial charge in [-0.15, -0.1) is 11.3 Å². The average Bonchev–Trinajstić information content (AvgIpc) is 3.17. The number of allylic oxidation sites excluding steroid dienone is 4. The normalized spacial score (nSPS) is 13.9. The summed E-state index contributed by atoms with van der Waals surface area (Å²) in [4.78, 5) is 12.8. The van der Waals surface area contributed by atoms with Crippen molar-refractivity contribution in [2.24, 2.45) is 0 Å². The highest BCUT2D eigenvalue weighted by Gasteiger charge is 2.32. The highest BCUT2D eigenvalue weighted by atomic mass is 32.1. The summed E-state index contributed by atoms with van der Waals surface area (Å²) in [5, 5.41) is 5.15. The molecule has 0 atom stereocenters. The van der Waals surface area contributed by atoms with E-state index in [9.17, 15) is 13.2 Å². The number of nitrogen functional groups attached to an aromatic ring is 1. The van der Waals surface area contributed by atoms with Gasteiger partial charge in [0.05, 0.1) is 10.6 Å². The number of thiophene rings is 1. The zero-order valence-electron chi connectivity index (χ0n) is 15.9. The fourth-order valence-electron chi connectivity index (χ4n) is 2.78. The molecule has 0 amide bonds. The van der Waals surface area contributed by atoms with Crippen LogP contribution in [0.3, 0.4) is 0 Å². The lowest BCUT2D eigenvalue weighted by atomic mass is 10.2. The van der Waals surface area contributed by atoms with Crippen molar-refractivity contribution in [1.82, 2.24) is 15.0 Å². The second-order valence-corrected chi connectivity index (χ2v) is 7.39. The number of rotatable bonds is 5. The molecule has 4 rings (SSSR count). The number of anilines is 2. The van der Waals surface area contributed by atoms with Crippen LogP contribution >= 0.6 is 11.3 Å². The summed E-state index contributed by atoms with van der Waals surface area (Å²) in [7, 11) is 0. The summed E-state index contributed by atoms with van der Waals surface area (Å²) < 4.78 is 44.1. The van der Waals surface area contributed by atoms with Gasteiger partial charge in [0, 0.05) is 30.4 Å². The molecule has 0 radical (unpaired) electrons. The van der Waals surface area contributed by atoms with Crippen molar-refractivity contribution < 1.29 is 17.9 Å². The van der Waals surface area contributed by atoms with E-state index in [0.29, 0.717) is 23.7 Å². The summed E-state index contributed by atoms with van der Waals surface area (Å²) in [6.07, 6.45) is 4.00. The molecule has 1 aliphatic rings. The van der Waals surface area contributed by atoms with Crippen molar-refractivity contribution >= 4 is 23.1 Å². The Morgan fingerprint density at radius 2 is 2.00 bits per heavy atom. The molecule has 3 heterocycles. The molecule has 0 unspecified atom stereocenters.